The number of amidine groups is 2. The minimum atomic E-state index is -1.49. The number of nitrogens with zero attached hydrogens (tertiary/aromatic N) is 2. The molecular formula is C28H24N6O6. The van der Waals surface area contributed by atoms with Gasteiger partial charge in [-0.25, -0.2) is 9.59 Å². The lowest BCUT2D eigenvalue weighted by atomic mass is 9.96. The Morgan fingerprint density at radius 1 is 0.600 bits per heavy atom. The molecular weight excluding hydrogens is 516 g/mol. The van der Waals surface area contributed by atoms with Crippen LogP contribution in [0.4, 0.5) is 11.4 Å². The minimum Gasteiger partial charge on any atom is -0.478 e. The van der Waals surface area contributed by atoms with Gasteiger partial charge in [0.1, 0.15) is 11.7 Å². The van der Waals surface area contributed by atoms with E-state index in [4.69, 9.17) is 0 Å². The van der Waals surface area contributed by atoms with Crippen LogP contribution < -0.4 is 21.3 Å². The van der Waals surface area contributed by atoms with E-state index in [1.165, 1.54) is 0 Å². The van der Waals surface area contributed by atoms with Crippen molar-refractivity contribution in [3.8, 4) is 0 Å². The van der Waals surface area contributed by atoms with Crippen LogP contribution in [0.25, 0.3) is 0 Å². The van der Waals surface area contributed by atoms with Crippen LogP contribution in [0.2, 0.25) is 0 Å². The van der Waals surface area contributed by atoms with E-state index in [0.29, 0.717) is 24.5 Å². The van der Waals surface area contributed by atoms with Crippen LogP contribution in [-0.4, -0.2) is 71.8 Å². The Labute approximate surface area is 227 Å². The van der Waals surface area contributed by atoms with Crippen molar-refractivity contribution < 1.29 is 29.4 Å². The number of hydrogen-bond acceptors (Lipinski definition) is 8. The van der Waals surface area contributed by atoms with Crippen LogP contribution >= 0.6 is 0 Å². The molecule has 0 atom stereocenters. The first-order valence-electron chi connectivity index (χ1n) is 12.3. The molecule has 202 valence electrons. The van der Waals surface area contributed by atoms with E-state index in [1.807, 2.05) is 0 Å². The average molecular weight is 541 g/mol. The number of carbonyl (C=O) groups excluding carboxylic acids is 2. The second kappa shape index (κ2) is 11.1. The lowest BCUT2D eigenvalue weighted by Gasteiger charge is -2.14. The molecule has 6 N–H and O–H groups in total. The van der Waals surface area contributed by atoms with Crippen molar-refractivity contribution in [3.05, 3.63) is 94.0 Å². The fraction of sp³-hybridized carbons (Fsp3) is 0.143. The minimum absolute atomic E-state index is 0.365. The fourth-order valence-electron chi connectivity index (χ4n) is 4.33. The summed E-state index contributed by atoms with van der Waals surface area (Å²) in [5.41, 5.74) is 0.536. The molecule has 2 aliphatic rings. The van der Waals surface area contributed by atoms with Crippen LogP contribution in [0.1, 0.15) is 52.6 Å². The summed E-state index contributed by atoms with van der Waals surface area (Å²) in [6, 6.07) is 15.2. The standard InChI is InChI=1S/C28H24N6O6/c35-25(33-17-5-1-15(2-6-17)23-29-9-10-30-23)19-13-22(28(39)40)20(14-21(19)27(37)38)26(36)34-18-7-3-16(4-8-18)24-31-11-12-32-24/h1-8,13-14H,9-12H2,(H,29,30)(H,31,32)(H,33,35)(H,34,36)(H,37,38)(H,39,40). The van der Waals surface area contributed by atoms with Gasteiger partial charge in [0.25, 0.3) is 11.8 Å². The van der Waals surface area contributed by atoms with Crippen molar-refractivity contribution >= 4 is 46.8 Å². The third kappa shape index (κ3) is 5.50. The van der Waals surface area contributed by atoms with Crippen LogP contribution in [0.3, 0.4) is 0 Å². The maximum Gasteiger partial charge on any atom is 0.336 e. The van der Waals surface area contributed by atoms with Crippen molar-refractivity contribution in [1.82, 2.24) is 10.6 Å². The molecule has 0 fully saturated rings. The second-order valence-electron chi connectivity index (χ2n) is 8.93. The Morgan fingerprint density at radius 2 is 0.975 bits per heavy atom. The van der Waals surface area contributed by atoms with Gasteiger partial charge in [0.2, 0.25) is 0 Å². The summed E-state index contributed by atoms with van der Waals surface area (Å²) in [5.74, 6) is -3.19. The largest absolute Gasteiger partial charge is 0.478 e. The molecule has 0 saturated heterocycles. The number of hydrogen-bond donors (Lipinski definition) is 6. The molecule has 3 aromatic carbocycles. The number of carbonyl (C=O) groups is 4. The molecule has 12 nitrogen and oxygen atoms in total. The normalized spacial score (nSPS) is 13.9. The number of benzene rings is 3. The van der Waals surface area contributed by atoms with E-state index in [1.54, 1.807) is 48.5 Å². The van der Waals surface area contributed by atoms with Crippen molar-refractivity contribution in [2.45, 2.75) is 0 Å². The summed E-state index contributed by atoms with van der Waals surface area (Å²) in [7, 11) is 0. The first kappa shape index (κ1) is 26.1. The van der Waals surface area contributed by atoms with E-state index < -0.39 is 46.0 Å². The lowest BCUT2D eigenvalue weighted by Crippen LogP contribution is -2.22. The smallest absolute Gasteiger partial charge is 0.336 e. The molecule has 0 radical (unpaired) electrons. The molecule has 3 aromatic rings. The zero-order valence-corrected chi connectivity index (χ0v) is 21.0. The Kier molecular flexibility index (Phi) is 7.22. The first-order chi connectivity index (χ1) is 19.3. The topological polar surface area (TPSA) is 182 Å². The van der Waals surface area contributed by atoms with Gasteiger partial charge in [0.05, 0.1) is 35.3 Å². The zero-order valence-electron chi connectivity index (χ0n) is 21.0. The van der Waals surface area contributed by atoms with E-state index in [2.05, 4.69) is 31.3 Å². The maximum absolute atomic E-state index is 13.0. The number of amides is 2. The molecule has 2 amide bonds. The van der Waals surface area contributed by atoms with Gasteiger partial charge in [0.15, 0.2) is 0 Å². The highest BCUT2D eigenvalue weighted by Gasteiger charge is 2.26. The highest BCUT2D eigenvalue weighted by molar-refractivity contribution is 6.17. The quantitative estimate of drug-likeness (QED) is 0.252. The van der Waals surface area contributed by atoms with E-state index >= 15 is 0 Å². The monoisotopic (exact) mass is 540 g/mol. The molecule has 12 heteroatoms. The maximum atomic E-state index is 13.0. The van der Waals surface area contributed by atoms with Gasteiger partial charge in [-0.1, -0.05) is 0 Å². The predicted octanol–water partition coefficient (Wildman–Crippen LogP) is 2.29. The van der Waals surface area contributed by atoms with Gasteiger partial charge in [0, 0.05) is 35.6 Å². The molecule has 2 aliphatic heterocycles. The first-order valence-corrected chi connectivity index (χ1v) is 12.3. The van der Waals surface area contributed by atoms with Crippen LogP contribution in [0.5, 0.6) is 0 Å². The van der Waals surface area contributed by atoms with Gasteiger partial charge in [-0.15, -0.1) is 0 Å². The SMILES string of the molecule is O=C(O)c1cc(C(=O)Nc2ccc(C3=NCCN3)cc2)c(C(=O)O)cc1C(=O)Nc1ccc(C2=NCCN2)cc1. The Hall–Kier alpha value is -5.52. The molecule has 0 bridgehead atoms. The van der Waals surface area contributed by atoms with Gasteiger partial charge in [-0.2, -0.15) is 0 Å². The van der Waals surface area contributed by atoms with Crippen molar-refractivity contribution in [3.63, 3.8) is 0 Å². The number of nitrogens with one attached hydrogen (secondary N) is 4. The Bertz CT molecular complexity index is 1460. The second-order valence-corrected chi connectivity index (χ2v) is 8.93. The van der Waals surface area contributed by atoms with Gasteiger partial charge >= 0.3 is 11.9 Å². The molecule has 40 heavy (non-hydrogen) atoms. The van der Waals surface area contributed by atoms with Gasteiger partial charge in [-0.05, 0) is 60.7 Å². The zero-order chi connectivity index (χ0) is 28.2. The molecule has 0 saturated carbocycles. The summed E-state index contributed by atoms with van der Waals surface area (Å²) in [5, 5.41) is 31.1. The fourth-order valence-corrected chi connectivity index (χ4v) is 4.33. The lowest BCUT2D eigenvalue weighted by molar-refractivity contribution is 0.0677. The molecule has 0 aliphatic carbocycles. The van der Waals surface area contributed by atoms with Crippen molar-refractivity contribution in [1.29, 1.82) is 0 Å². The highest BCUT2D eigenvalue weighted by Crippen LogP contribution is 2.22. The summed E-state index contributed by atoms with van der Waals surface area (Å²) >= 11 is 0. The number of aromatic carboxylic acids is 2. The molecule has 0 spiro atoms. The van der Waals surface area contributed by atoms with E-state index in [0.717, 1.165) is 48.0 Å². The molecule has 5 rings (SSSR count). The van der Waals surface area contributed by atoms with E-state index in [-0.39, 0.29) is 0 Å². The highest BCUT2D eigenvalue weighted by atomic mass is 16.4. The summed E-state index contributed by atoms with van der Waals surface area (Å²) < 4.78 is 0. The van der Waals surface area contributed by atoms with Crippen LogP contribution in [0, 0.1) is 0 Å². The summed E-state index contributed by atoms with van der Waals surface area (Å²) in [6.07, 6.45) is 0. The third-order valence-corrected chi connectivity index (χ3v) is 6.29. The van der Waals surface area contributed by atoms with Crippen LogP contribution in [-0.2, 0) is 0 Å². The number of carboxylic acid groups (broad SMARTS) is 2. The van der Waals surface area contributed by atoms with E-state index in [9.17, 15) is 29.4 Å². The predicted molar refractivity (Wildman–Crippen MR) is 148 cm³/mol. The van der Waals surface area contributed by atoms with Gasteiger partial charge in [-0.3, -0.25) is 19.6 Å². The Morgan fingerprint density at radius 3 is 1.27 bits per heavy atom. The average Bonchev–Trinajstić information content (AvgIpc) is 3.68. The molecule has 0 aromatic heterocycles. The number of anilines is 2. The number of carboxylic acids is 2. The molecule has 0 unspecified atom stereocenters. The van der Waals surface area contributed by atoms with Crippen molar-refractivity contribution in [2.24, 2.45) is 9.98 Å². The number of aliphatic imine (C=N–C) groups is 2. The van der Waals surface area contributed by atoms with Gasteiger partial charge < -0.3 is 31.5 Å². The number of rotatable bonds is 8. The third-order valence-electron chi connectivity index (χ3n) is 6.29. The Balaban J connectivity index is 1.39. The van der Waals surface area contributed by atoms with Crippen molar-refractivity contribution in [2.75, 3.05) is 36.8 Å². The summed E-state index contributed by atoms with van der Waals surface area (Å²) in [6.45, 7) is 2.83. The van der Waals surface area contributed by atoms with Crippen LogP contribution in [0.15, 0.2) is 70.6 Å². The summed E-state index contributed by atoms with van der Waals surface area (Å²) in [4.78, 5) is 58.9. The molecule has 2 heterocycles.